The molecule has 0 radical (unpaired) electrons. The summed E-state index contributed by atoms with van der Waals surface area (Å²) in [5.41, 5.74) is 7.54. The summed E-state index contributed by atoms with van der Waals surface area (Å²) in [4.78, 5) is 0. The minimum Gasteiger partial charge on any atom is -0.496 e. The number of halogens is 1. The lowest BCUT2D eigenvalue weighted by Crippen LogP contribution is -2.08. The van der Waals surface area contributed by atoms with Gasteiger partial charge in [0, 0.05) is 23.2 Å². The number of methoxy groups -OCH3 is 1. The Hall–Kier alpha value is -2.07. The molecule has 0 bridgehead atoms. The highest BCUT2D eigenvalue weighted by molar-refractivity contribution is 5.37. The molecule has 106 valence electrons. The zero-order valence-corrected chi connectivity index (χ0v) is 11.6. The van der Waals surface area contributed by atoms with Gasteiger partial charge < -0.3 is 15.2 Å². The topological polar surface area (TPSA) is 44.5 Å². The lowest BCUT2D eigenvalue weighted by Gasteiger charge is -2.15. The molecule has 2 rings (SSSR count). The summed E-state index contributed by atoms with van der Waals surface area (Å²) in [7, 11) is 1.61. The fourth-order valence-electron chi connectivity index (χ4n) is 1.99. The second-order valence-corrected chi connectivity index (χ2v) is 4.57. The van der Waals surface area contributed by atoms with Crippen molar-refractivity contribution in [2.24, 2.45) is 5.73 Å². The first-order chi connectivity index (χ1) is 9.61. The molecule has 0 aliphatic heterocycles. The normalized spacial score (nSPS) is 12.0. The smallest absolute Gasteiger partial charge is 0.127 e. The molecule has 3 nitrogen and oxygen atoms in total. The standard InChI is InChI=1S/C16H18FNO2/c1-11(18)14-8-7-13(17)9-16(14)20-10-12-5-3-4-6-15(12)19-2/h3-9,11H,10,18H2,1-2H3/t11-/m0/s1. The third-order valence-electron chi connectivity index (χ3n) is 3.04. The monoisotopic (exact) mass is 275 g/mol. The molecule has 2 aromatic rings. The van der Waals surface area contributed by atoms with E-state index in [0.29, 0.717) is 12.4 Å². The summed E-state index contributed by atoms with van der Waals surface area (Å²) >= 11 is 0. The molecule has 0 fully saturated rings. The Morgan fingerprint density at radius 1 is 1.15 bits per heavy atom. The van der Waals surface area contributed by atoms with Crippen LogP contribution in [0.15, 0.2) is 42.5 Å². The maximum Gasteiger partial charge on any atom is 0.127 e. The van der Waals surface area contributed by atoms with E-state index in [9.17, 15) is 4.39 Å². The van der Waals surface area contributed by atoms with E-state index in [1.165, 1.54) is 12.1 Å². The number of hydrogen-bond acceptors (Lipinski definition) is 3. The van der Waals surface area contributed by atoms with Gasteiger partial charge in [0.15, 0.2) is 0 Å². The van der Waals surface area contributed by atoms with Gasteiger partial charge in [-0.05, 0) is 19.1 Å². The largest absolute Gasteiger partial charge is 0.496 e. The Morgan fingerprint density at radius 3 is 2.60 bits per heavy atom. The SMILES string of the molecule is COc1ccccc1COc1cc(F)ccc1[C@H](C)N. The average molecular weight is 275 g/mol. The zero-order chi connectivity index (χ0) is 14.5. The highest BCUT2D eigenvalue weighted by Crippen LogP contribution is 2.27. The predicted molar refractivity (Wildman–Crippen MR) is 76.3 cm³/mol. The van der Waals surface area contributed by atoms with Gasteiger partial charge >= 0.3 is 0 Å². The first-order valence-corrected chi connectivity index (χ1v) is 6.41. The number of benzene rings is 2. The highest BCUT2D eigenvalue weighted by atomic mass is 19.1. The summed E-state index contributed by atoms with van der Waals surface area (Å²) < 4.78 is 24.3. The van der Waals surface area contributed by atoms with Crippen LogP contribution in [0, 0.1) is 5.82 Å². The predicted octanol–water partition coefficient (Wildman–Crippen LogP) is 3.43. The molecular weight excluding hydrogens is 257 g/mol. The van der Waals surface area contributed by atoms with Gasteiger partial charge in [-0.15, -0.1) is 0 Å². The third-order valence-corrected chi connectivity index (χ3v) is 3.04. The van der Waals surface area contributed by atoms with Crippen LogP contribution in [0.1, 0.15) is 24.1 Å². The summed E-state index contributed by atoms with van der Waals surface area (Å²) in [6.07, 6.45) is 0. The van der Waals surface area contributed by atoms with Crippen LogP contribution in [0.4, 0.5) is 4.39 Å². The molecule has 2 N–H and O–H groups in total. The van der Waals surface area contributed by atoms with Crippen LogP contribution in [0.25, 0.3) is 0 Å². The van der Waals surface area contributed by atoms with Crippen LogP contribution >= 0.6 is 0 Å². The quantitative estimate of drug-likeness (QED) is 0.909. The number of ether oxygens (including phenoxy) is 2. The van der Waals surface area contributed by atoms with E-state index in [2.05, 4.69) is 0 Å². The van der Waals surface area contributed by atoms with Crippen molar-refractivity contribution in [3.8, 4) is 11.5 Å². The van der Waals surface area contributed by atoms with Gasteiger partial charge in [-0.1, -0.05) is 24.3 Å². The van der Waals surface area contributed by atoms with E-state index >= 15 is 0 Å². The van der Waals surface area contributed by atoms with Crippen LogP contribution in [0.2, 0.25) is 0 Å². The van der Waals surface area contributed by atoms with Crippen LogP contribution in [-0.2, 0) is 6.61 Å². The first-order valence-electron chi connectivity index (χ1n) is 6.41. The van der Waals surface area contributed by atoms with Crippen molar-refractivity contribution in [3.63, 3.8) is 0 Å². The second-order valence-electron chi connectivity index (χ2n) is 4.57. The fraction of sp³-hybridized carbons (Fsp3) is 0.250. The molecule has 0 saturated carbocycles. The molecule has 2 aromatic carbocycles. The van der Waals surface area contributed by atoms with Gasteiger partial charge in [0.2, 0.25) is 0 Å². The van der Waals surface area contributed by atoms with Crippen molar-refractivity contribution in [1.82, 2.24) is 0 Å². The molecule has 4 heteroatoms. The average Bonchev–Trinajstić information content (AvgIpc) is 2.45. The Labute approximate surface area is 118 Å². The molecule has 0 saturated heterocycles. The van der Waals surface area contributed by atoms with Crippen LogP contribution in [-0.4, -0.2) is 7.11 Å². The Morgan fingerprint density at radius 2 is 1.90 bits per heavy atom. The number of hydrogen-bond donors (Lipinski definition) is 1. The molecule has 0 heterocycles. The molecule has 0 unspecified atom stereocenters. The van der Waals surface area contributed by atoms with Gasteiger partial charge in [-0.25, -0.2) is 4.39 Å². The molecule has 0 aromatic heterocycles. The third kappa shape index (κ3) is 3.27. The summed E-state index contributed by atoms with van der Waals surface area (Å²) in [6, 6.07) is 11.7. The molecule has 0 aliphatic carbocycles. The van der Waals surface area contributed by atoms with Crippen LogP contribution in [0.5, 0.6) is 11.5 Å². The Bertz CT molecular complexity index is 584. The van der Waals surface area contributed by atoms with Gasteiger partial charge in [0.05, 0.1) is 7.11 Å². The highest BCUT2D eigenvalue weighted by Gasteiger charge is 2.10. The van der Waals surface area contributed by atoms with Gasteiger partial charge in [0.25, 0.3) is 0 Å². The lowest BCUT2D eigenvalue weighted by molar-refractivity contribution is 0.291. The van der Waals surface area contributed by atoms with Crippen molar-refractivity contribution in [3.05, 3.63) is 59.4 Å². The van der Waals surface area contributed by atoms with Crippen molar-refractivity contribution >= 4 is 0 Å². The Balaban J connectivity index is 2.20. The number of nitrogens with two attached hydrogens (primary N) is 1. The lowest BCUT2D eigenvalue weighted by atomic mass is 10.1. The summed E-state index contributed by atoms with van der Waals surface area (Å²) in [6.45, 7) is 2.14. The van der Waals surface area contributed by atoms with E-state index in [1.807, 2.05) is 31.2 Å². The van der Waals surface area contributed by atoms with Crippen molar-refractivity contribution in [2.45, 2.75) is 19.6 Å². The molecule has 0 amide bonds. The molecule has 0 aliphatic rings. The molecule has 0 spiro atoms. The summed E-state index contributed by atoms with van der Waals surface area (Å²) in [5, 5.41) is 0. The maximum atomic E-state index is 13.3. The fourth-order valence-corrected chi connectivity index (χ4v) is 1.99. The minimum atomic E-state index is -0.343. The maximum absolute atomic E-state index is 13.3. The van der Waals surface area contributed by atoms with E-state index in [0.717, 1.165) is 16.9 Å². The van der Waals surface area contributed by atoms with Crippen molar-refractivity contribution in [2.75, 3.05) is 7.11 Å². The Kier molecular flexibility index (Phi) is 4.58. The van der Waals surface area contributed by atoms with Crippen LogP contribution < -0.4 is 15.2 Å². The molecular formula is C16H18FNO2. The number of para-hydroxylation sites is 1. The second kappa shape index (κ2) is 6.39. The van der Waals surface area contributed by atoms with Crippen molar-refractivity contribution < 1.29 is 13.9 Å². The van der Waals surface area contributed by atoms with Gasteiger partial charge in [-0.2, -0.15) is 0 Å². The van der Waals surface area contributed by atoms with Crippen LogP contribution in [0.3, 0.4) is 0 Å². The molecule has 1 atom stereocenters. The van der Waals surface area contributed by atoms with E-state index in [1.54, 1.807) is 13.2 Å². The molecule has 20 heavy (non-hydrogen) atoms. The summed E-state index contributed by atoms with van der Waals surface area (Å²) in [5.74, 6) is 0.863. The van der Waals surface area contributed by atoms with E-state index in [4.69, 9.17) is 15.2 Å². The zero-order valence-electron chi connectivity index (χ0n) is 11.6. The van der Waals surface area contributed by atoms with Crippen molar-refractivity contribution in [1.29, 1.82) is 0 Å². The van der Waals surface area contributed by atoms with E-state index < -0.39 is 0 Å². The van der Waals surface area contributed by atoms with Gasteiger partial charge in [-0.3, -0.25) is 0 Å². The number of rotatable bonds is 5. The first kappa shape index (κ1) is 14.3. The van der Waals surface area contributed by atoms with Gasteiger partial charge in [0.1, 0.15) is 23.9 Å². The van der Waals surface area contributed by atoms with E-state index in [-0.39, 0.29) is 11.9 Å². The minimum absolute atomic E-state index is 0.219.